The number of amides is 4. The predicted molar refractivity (Wildman–Crippen MR) is 170 cm³/mol. The number of ether oxygens (including phenoxy) is 1. The summed E-state index contributed by atoms with van der Waals surface area (Å²) in [5, 5.41) is 3.96. The fourth-order valence-corrected chi connectivity index (χ4v) is 6.31. The Morgan fingerprint density at radius 1 is 0.909 bits per heavy atom. The van der Waals surface area contributed by atoms with E-state index in [0.29, 0.717) is 18.7 Å². The number of imide groups is 1. The highest BCUT2D eigenvalue weighted by molar-refractivity contribution is 6.24. The maximum absolute atomic E-state index is 14.3. The molecular weight excluding hydrogens is 552 g/mol. The number of rotatable bonds is 8. The smallest absolute Gasteiger partial charge is 0.332 e. The zero-order chi connectivity index (χ0) is 30.2. The monoisotopic (exact) mass is 584 g/mol. The van der Waals surface area contributed by atoms with Gasteiger partial charge in [0.15, 0.2) is 0 Å². The van der Waals surface area contributed by atoms with Crippen LogP contribution in [0.15, 0.2) is 103 Å². The van der Waals surface area contributed by atoms with Gasteiger partial charge in [-0.05, 0) is 60.0 Å². The minimum atomic E-state index is -0.712. The summed E-state index contributed by atoms with van der Waals surface area (Å²) >= 11 is 0. The highest BCUT2D eigenvalue weighted by atomic mass is 16.5. The molecule has 44 heavy (non-hydrogen) atoms. The molecule has 2 aliphatic heterocycles. The summed E-state index contributed by atoms with van der Waals surface area (Å²) in [6.07, 6.45) is 2.39. The van der Waals surface area contributed by atoms with Gasteiger partial charge in [-0.3, -0.25) is 14.5 Å². The van der Waals surface area contributed by atoms with Crippen molar-refractivity contribution in [1.82, 2.24) is 9.88 Å². The van der Waals surface area contributed by atoms with Crippen molar-refractivity contribution < 1.29 is 19.1 Å². The van der Waals surface area contributed by atoms with E-state index in [1.54, 1.807) is 41.3 Å². The molecule has 220 valence electrons. The molecule has 3 heterocycles. The summed E-state index contributed by atoms with van der Waals surface area (Å²) in [7, 11) is 0. The topological polar surface area (TPSA) is 94.7 Å². The minimum absolute atomic E-state index is 0.234. The lowest BCUT2D eigenvalue weighted by Crippen LogP contribution is -2.44. The van der Waals surface area contributed by atoms with Crippen molar-refractivity contribution in [2.75, 3.05) is 16.8 Å². The molecule has 7 rings (SSSR count). The van der Waals surface area contributed by atoms with Crippen molar-refractivity contribution in [1.29, 1.82) is 0 Å². The number of fused-ring (bicyclic) bond motifs is 4. The number of aromatic amines is 1. The number of hydrogen-bond acceptors (Lipinski definition) is 4. The van der Waals surface area contributed by atoms with Crippen molar-refractivity contribution in [3.63, 3.8) is 0 Å². The number of urea groups is 1. The van der Waals surface area contributed by atoms with Gasteiger partial charge in [-0.2, -0.15) is 0 Å². The number of aromatic nitrogens is 1. The van der Waals surface area contributed by atoms with Gasteiger partial charge in [0.25, 0.3) is 11.8 Å². The van der Waals surface area contributed by atoms with Crippen molar-refractivity contribution in [3.8, 4) is 5.75 Å². The minimum Gasteiger partial charge on any atom is -0.494 e. The number of anilines is 2. The number of benzene rings is 4. The van der Waals surface area contributed by atoms with Crippen molar-refractivity contribution in [2.45, 2.75) is 38.3 Å². The largest absolute Gasteiger partial charge is 0.494 e. The van der Waals surface area contributed by atoms with E-state index in [1.807, 2.05) is 66.7 Å². The van der Waals surface area contributed by atoms with Crippen molar-refractivity contribution >= 4 is 40.1 Å². The normalized spacial score (nSPS) is 17.5. The molecule has 1 saturated heterocycles. The molecule has 2 aliphatic rings. The number of para-hydroxylation sites is 2. The fourth-order valence-electron chi connectivity index (χ4n) is 6.31. The number of nitrogens with zero attached hydrogens (tertiary/aromatic N) is 2. The van der Waals surface area contributed by atoms with Gasteiger partial charge >= 0.3 is 6.03 Å². The molecule has 8 heteroatoms. The van der Waals surface area contributed by atoms with Crippen molar-refractivity contribution in [2.24, 2.45) is 0 Å². The predicted octanol–water partition coefficient (Wildman–Crippen LogP) is 7.08. The van der Waals surface area contributed by atoms with Gasteiger partial charge in [-0.15, -0.1) is 0 Å². The van der Waals surface area contributed by atoms with Crippen LogP contribution < -0.4 is 15.0 Å². The summed E-state index contributed by atoms with van der Waals surface area (Å²) in [6.45, 7) is 2.74. The second-order valence-electron chi connectivity index (χ2n) is 11.2. The van der Waals surface area contributed by atoms with E-state index in [1.165, 1.54) is 4.90 Å². The van der Waals surface area contributed by atoms with E-state index < -0.39 is 24.0 Å². The Morgan fingerprint density at radius 3 is 2.43 bits per heavy atom. The molecule has 1 aromatic heterocycles. The molecule has 5 aromatic rings. The van der Waals surface area contributed by atoms with Gasteiger partial charge in [0.2, 0.25) is 0 Å². The summed E-state index contributed by atoms with van der Waals surface area (Å²) in [6, 6.07) is 30.0. The quantitative estimate of drug-likeness (QED) is 0.151. The molecule has 4 amide bonds. The molecule has 2 atom stereocenters. The Balaban J connectivity index is 1.22. The maximum atomic E-state index is 14.3. The number of carbonyl (C=O) groups is 3. The summed E-state index contributed by atoms with van der Waals surface area (Å²) in [4.78, 5) is 48.5. The fraction of sp³-hybridized carbons (Fsp3) is 0.194. The first-order valence-electron chi connectivity index (χ1n) is 15.0. The first kappa shape index (κ1) is 27.5. The summed E-state index contributed by atoms with van der Waals surface area (Å²) < 4.78 is 5.73. The summed E-state index contributed by atoms with van der Waals surface area (Å²) in [5.74, 6) is -0.0328. The third kappa shape index (κ3) is 4.68. The first-order chi connectivity index (χ1) is 21.5. The molecule has 2 N–H and O–H groups in total. The van der Waals surface area contributed by atoms with E-state index in [9.17, 15) is 14.4 Å². The molecule has 0 saturated carbocycles. The van der Waals surface area contributed by atoms with Crippen LogP contribution in [0.3, 0.4) is 0 Å². The standard InChI is InChI=1S/C36H32N4O4/c1-2-3-21-44-25-19-17-24(18-20-25)37-34(41)27-14-8-10-16-30(27)40-35(42)31-22-28-26-13-7-9-15-29(26)38-32(28)33(39(31)36(40)43)23-11-5-4-6-12-23/h4-20,31,33,38H,2-3,21-22H2,1H3,(H,37,41). The van der Waals surface area contributed by atoms with Crippen LogP contribution >= 0.6 is 0 Å². The molecular formula is C36H32N4O4. The van der Waals surface area contributed by atoms with E-state index in [2.05, 4.69) is 17.2 Å². The molecule has 8 nitrogen and oxygen atoms in total. The second kappa shape index (κ2) is 11.4. The highest BCUT2D eigenvalue weighted by Gasteiger charge is 2.53. The van der Waals surface area contributed by atoms with E-state index in [4.69, 9.17) is 4.74 Å². The Hall–Kier alpha value is -5.37. The number of unbranched alkanes of at least 4 members (excludes halogenated alkanes) is 1. The lowest BCUT2D eigenvalue weighted by molar-refractivity contribution is -0.120. The molecule has 0 bridgehead atoms. The third-order valence-electron chi connectivity index (χ3n) is 8.43. The highest BCUT2D eigenvalue weighted by Crippen LogP contribution is 2.45. The summed E-state index contributed by atoms with van der Waals surface area (Å²) in [5.41, 5.74) is 4.89. The van der Waals surface area contributed by atoms with Crippen LogP contribution in [0, 0.1) is 0 Å². The van der Waals surface area contributed by atoms with E-state index in [-0.39, 0.29) is 17.2 Å². The van der Waals surface area contributed by atoms with E-state index in [0.717, 1.165) is 46.3 Å². The van der Waals surface area contributed by atoms with Gasteiger partial charge in [0.1, 0.15) is 17.8 Å². The SMILES string of the molecule is CCCCOc1ccc(NC(=O)c2ccccc2N2C(=O)C3Cc4c([nH]c5ccccc45)C(c4ccccc4)N3C2=O)cc1. The first-order valence-corrected chi connectivity index (χ1v) is 15.0. The molecule has 0 radical (unpaired) electrons. The van der Waals surface area contributed by atoms with Crippen LogP contribution in [0.5, 0.6) is 5.75 Å². The van der Waals surface area contributed by atoms with Gasteiger partial charge in [-0.25, -0.2) is 9.69 Å². The van der Waals surface area contributed by atoms with Crippen LogP contribution in [-0.2, 0) is 11.2 Å². The zero-order valence-electron chi connectivity index (χ0n) is 24.3. The Kier molecular flexibility index (Phi) is 7.10. The Morgan fingerprint density at radius 2 is 1.64 bits per heavy atom. The number of hydrogen-bond donors (Lipinski definition) is 2. The zero-order valence-corrected chi connectivity index (χ0v) is 24.3. The van der Waals surface area contributed by atoms with Crippen LogP contribution in [0.25, 0.3) is 10.9 Å². The average molecular weight is 585 g/mol. The van der Waals surface area contributed by atoms with Gasteiger partial charge in [-0.1, -0.05) is 74.0 Å². The molecule has 2 unspecified atom stereocenters. The van der Waals surface area contributed by atoms with Crippen LogP contribution in [-0.4, -0.2) is 40.4 Å². The average Bonchev–Trinajstić information content (AvgIpc) is 3.55. The molecule has 1 fully saturated rings. The van der Waals surface area contributed by atoms with Crippen molar-refractivity contribution in [3.05, 3.63) is 126 Å². The molecule has 0 aliphatic carbocycles. The molecule has 0 spiro atoms. The lowest BCUT2D eigenvalue weighted by atomic mass is 9.89. The maximum Gasteiger partial charge on any atom is 0.332 e. The number of H-pyrrole nitrogens is 1. The Bertz CT molecular complexity index is 1860. The van der Waals surface area contributed by atoms with Gasteiger partial charge in [0.05, 0.1) is 17.9 Å². The lowest BCUT2D eigenvalue weighted by Gasteiger charge is -2.36. The Labute approximate surface area is 255 Å². The van der Waals surface area contributed by atoms with Crippen LogP contribution in [0.1, 0.15) is 53.0 Å². The van der Waals surface area contributed by atoms with Crippen LogP contribution in [0.4, 0.5) is 16.2 Å². The second-order valence-corrected chi connectivity index (χ2v) is 11.2. The third-order valence-corrected chi connectivity index (χ3v) is 8.43. The number of carbonyl (C=O) groups excluding carboxylic acids is 3. The van der Waals surface area contributed by atoms with Crippen LogP contribution in [0.2, 0.25) is 0 Å². The molecule has 4 aromatic carbocycles. The van der Waals surface area contributed by atoms with Gasteiger partial charge < -0.3 is 15.0 Å². The van der Waals surface area contributed by atoms with E-state index >= 15 is 0 Å². The van der Waals surface area contributed by atoms with Gasteiger partial charge in [0, 0.05) is 28.7 Å². The number of nitrogens with one attached hydrogen (secondary N) is 2.